The highest BCUT2D eigenvalue weighted by Gasteiger charge is 2.22. The summed E-state index contributed by atoms with van der Waals surface area (Å²) in [6.07, 6.45) is 7.31. The number of hydrogen-bond acceptors (Lipinski definition) is 2. The van der Waals surface area contributed by atoms with Gasteiger partial charge in [-0.05, 0) is 18.4 Å². The Morgan fingerprint density at radius 1 is 1.24 bits per heavy atom. The van der Waals surface area contributed by atoms with E-state index in [1.165, 1.54) is 38.2 Å². The van der Waals surface area contributed by atoms with Crippen LogP contribution in [0.1, 0.15) is 37.8 Å². The first-order valence-electron chi connectivity index (χ1n) is 7.73. The zero-order valence-electron chi connectivity index (χ0n) is 12.5. The van der Waals surface area contributed by atoms with E-state index < -0.39 is 0 Å². The van der Waals surface area contributed by atoms with E-state index in [0.29, 0.717) is 17.3 Å². The molecule has 1 aliphatic carbocycles. The van der Waals surface area contributed by atoms with E-state index in [9.17, 15) is 4.39 Å². The summed E-state index contributed by atoms with van der Waals surface area (Å²) in [6.45, 7) is 0. The summed E-state index contributed by atoms with van der Waals surface area (Å²) < 4.78 is 15.8. The van der Waals surface area contributed by atoms with Gasteiger partial charge < -0.3 is 5.73 Å². The average molecular weight is 287 g/mol. The highest BCUT2D eigenvalue weighted by Crippen LogP contribution is 2.35. The van der Waals surface area contributed by atoms with Crippen LogP contribution in [0.25, 0.3) is 11.1 Å². The molecule has 4 heteroatoms. The second kappa shape index (κ2) is 5.88. The standard InChI is InChI=1S/C17H22FN3/c1-21-17(19)16(13-9-5-6-10-14(13)18)15(20-21)11-12-7-3-2-4-8-12/h5-6,9-10,12H,2-4,7-8,11,19H2,1H3. The topological polar surface area (TPSA) is 43.8 Å². The van der Waals surface area contributed by atoms with E-state index >= 15 is 0 Å². The molecule has 0 spiro atoms. The quantitative estimate of drug-likeness (QED) is 0.929. The van der Waals surface area contributed by atoms with Gasteiger partial charge in [-0.25, -0.2) is 4.39 Å². The Kier molecular flexibility index (Phi) is 3.95. The molecule has 1 aromatic carbocycles. The van der Waals surface area contributed by atoms with Gasteiger partial charge in [-0.2, -0.15) is 5.10 Å². The van der Waals surface area contributed by atoms with Crippen molar-refractivity contribution in [3.8, 4) is 11.1 Å². The van der Waals surface area contributed by atoms with Crippen LogP contribution in [0.15, 0.2) is 24.3 Å². The van der Waals surface area contributed by atoms with Crippen molar-refractivity contribution in [1.82, 2.24) is 9.78 Å². The molecule has 0 bridgehead atoms. The van der Waals surface area contributed by atoms with Crippen molar-refractivity contribution < 1.29 is 4.39 Å². The Bertz CT molecular complexity index is 627. The number of anilines is 1. The molecule has 0 aliphatic heterocycles. The van der Waals surface area contributed by atoms with Gasteiger partial charge >= 0.3 is 0 Å². The number of nitrogen functional groups attached to an aromatic ring is 1. The Balaban J connectivity index is 1.97. The number of aromatic nitrogens is 2. The molecule has 0 unspecified atom stereocenters. The smallest absolute Gasteiger partial charge is 0.131 e. The van der Waals surface area contributed by atoms with Crippen molar-refractivity contribution in [3.05, 3.63) is 35.8 Å². The molecule has 0 amide bonds. The summed E-state index contributed by atoms with van der Waals surface area (Å²) in [5.41, 5.74) is 8.42. The van der Waals surface area contributed by atoms with Crippen LogP contribution in [0.5, 0.6) is 0 Å². The number of halogens is 1. The summed E-state index contributed by atoms with van der Waals surface area (Å²) in [5, 5.41) is 4.55. The van der Waals surface area contributed by atoms with Crippen LogP contribution in [0.3, 0.4) is 0 Å². The molecule has 3 rings (SSSR count). The first-order valence-corrected chi connectivity index (χ1v) is 7.73. The molecular formula is C17H22FN3. The Labute approximate surface area is 125 Å². The predicted molar refractivity (Wildman–Crippen MR) is 83.3 cm³/mol. The van der Waals surface area contributed by atoms with E-state index in [2.05, 4.69) is 5.10 Å². The third-order valence-corrected chi connectivity index (χ3v) is 4.51. The fourth-order valence-electron chi connectivity index (χ4n) is 3.36. The van der Waals surface area contributed by atoms with Gasteiger partial charge in [-0.15, -0.1) is 0 Å². The average Bonchev–Trinajstić information content (AvgIpc) is 2.76. The molecule has 2 N–H and O–H groups in total. The molecule has 2 aromatic rings. The highest BCUT2D eigenvalue weighted by molar-refractivity contribution is 5.77. The molecule has 3 nitrogen and oxygen atoms in total. The summed E-state index contributed by atoms with van der Waals surface area (Å²) in [5.74, 6) is 0.964. The number of nitrogens with two attached hydrogens (primary N) is 1. The van der Waals surface area contributed by atoms with Gasteiger partial charge in [0, 0.05) is 18.2 Å². The minimum Gasteiger partial charge on any atom is -0.383 e. The molecule has 0 radical (unpaired) electrons. The maximum atomic E-state index is 14.1. The summed E-state index contributed by atoms with van der Waals surface area (Å²) >= 11 is 0. The van der Waals surface area contributed by atoms with Gasteiger partial charge in [0.1, 0.15) is 11.6 Å². The van der Waals surface area contributed by atoms with E-state index in [0.717, 1.165) is 17.7 Å². The van der Waals surface area contributed by atoms with Gasteiger partial charge in [0.05, 0.1) is 5.69 Å². The number of hydrogen-bond donors (Lipinski definition) is 1. The van der Waals surface area contributed by atoms with Crippen LogP contribution >= 0.6 is 0 Å². The van der Waals surface area contributed by atoms with Gasteiger partial charge in [0.2, 0.25) is 0 Å². The van der Waals surface area contributed by atoms with E-state index in [-0.39, 0.29) is 5.82 Å². The van der Waals surface area contributed by atoms with Crippen LogP contribution in [-0.4, -0.2) is 9.78 Å². The highest BCUT2D eigenvalue weighted by atomic mass is 19.1. The van der Waals surface area contributed by atoms with Crippen LogP contribution in [0, 0.1) is 11.7 Å². The first kappa shape index (κ1) is 14.1. The molecule has 21 heavy (non-hydrogen) atoms. The van der Waals surface area contributed by atoms with Gasteiger partial charge in [-0.3, -0.25) is 4.68 Å². The first-order chi connectivity index (χ1) is 10.2. The molecule has 112 valence electrons. The molecule has 1 fully saturated rings. The van der Waals surface area contributed by atoms with Crippen LogP contribution < -0.4 is 5.73 Å². The van der Waals surface area contributed by atoms with E-state index in [1.54, 1.807) is 16.8 Å². The molecule has 1 heterocycles. The summed E-state index contributed by atoms with van der Waals surface area (Å²) in [6, 6.07) is 6.81. The number of benzene rings is 1. The SMILES string of the molecule is Cn1nc(CC2CCCCC2)c(-c2ccccc2F)c1N. The van der Waals surface area contributed by atoms with Crippen molar-refractivity contribution >= 4 is 5.82 Å². The second-order valence-electron chi connectivity index (χ2n) is 6.02. The minimum atomic E-state index is -0.234. The largest absolute Gasteiger partial charge is 0.383 e. The van der Waals surface area contributed by atoms with Crippen molar-refractivity contribution in [2.75, 3.05) is 5.73 Å². The molecule has 1 saturated carbocycles. The lowest BCUT2D eigenvalue weighted by molar-refractivity contribution is 0.354. The van der Waals surface area contributed by atoms with Crippen molar-refractivity contribution in [2.45, 2.75) is 38.5 Å². The minimum absolute atomic E-state index is 0.234. The Morgan fingerprint density at radius 3 is 2.67 bits per heavy atom. The normalized spacial score (nSPS) is 16.3. The molecule has 0 saturated heterocycles. The van der Waals surface area contributed by atoms with Crippen molar-refractivity contribution in [2.24, 2.45) is 13.0 Å². The maximum absolute atomic E-state index is 14.1. The summed E-state index contributed by atoms with van der Waals surface area (Å²) in [4.78, 5) is 0. The number of rotatable bonds is 3. The monoisotopic (exact) mass is 287 g/mol. The lowest BCUT2D eigenvalue weighted by Gasteiger charge is -2.21. The van der Waals surface area contributed by atoms with E-state index in [4.69, 9.17) is 5.73 Å². The van der Waals surface area contributed by atoms with Crippen LogP contribution in [-0.2, 0) is 13.5 Å². The molecule has 1 aromatic heterocycles. The summed E-state index contributed by atoms with van der Waals surface area (Å²) in [7, 11) is 1.82. The van der Waals surface area contributed by atoms with Crippen molar-refractivity contribution in [1.29, 1.82) is 0 Å². The van der Waals surface area contributed by atoms with Gasteiger partial charge in [-0.1, -0.05) is 50.3 Å². The molecular weight excluding hydrogens is 265 g/mol. The lowest BCUT2D eigenvalue weighted by atomic mass is 9.85. The van der Waals surface area contributed by atoms with Crippen LogP contribution in [0.4, 0.5) is 10.2 Å². The third kappa shape index (κ3) is 2.80. The molecule has 1 aliphatic rings. The molecule has 0 atom stereocenters. The predicted octanol–water partition coefficient (Wildman–Crippen LogP) is 3.93. The Hall–Kier alpha value is -1.84. The Morgan fingerprint density at radius 2 is 1.95 bits per heavy atom. The maximum Gasteiger partial charge on any atom is 0.131 e. The number of nitrogens with zero attached hydrogens (tertiary/aromatic N) is 2. The second-order valence-corrected chi connectivity index (χ2v) is 6.02. The third-order valence-electron chi connectivity index (χ3n) is 4.51. The zero-order chi connectivity index (χ0) is 14.8. The van der Waals surface area contributed by atoms with E-state index in [1.807, 2.05) is 13.1 Å². The van der Waals surface area contributed by atoms with Crippen molar-refractivity contribution in [3.63, 3.8) is 0 Å². The zero-order valence-corrected chi connectivity index (χ0v) is 12.5. The van der Waals surface area contributed by atoms with Crippen LogP contribution in [0.2, 0.25) is 0 Å². The van der Waals surface area contributed by atoms with Gasteiger partial charge in [0.25, 0.3) is 0 Å². The number of aryl methyl sites for hydroxylation is 1. The lowest BCUT2D eigenvalue weighted by Crippen LogP contribution is -2.10. The van der Waals surface area contributed by atoms with Gasteiger partial charge in [0.15, 0.2) is 0 Å². The fraction of sp³-hybridized carbons (Fsp3) is 0.471. The fourth-order valence-corrected chi connectivity index (χ4v) is 3.36.